The highest BCUT2D eigenvalue weighted by Crippen LogP contribution is 2.25. The van der Waals surface area contributed by atoms with Crippen LogP contribution in [0.15, 0.2) is 22.7 Å². The molecule has 0 atom stereocenters. The average Bonchev–Trinajstić information content (AvgIpc) is 2.40. The molecule has 0 aromatic heterocycles. The molecule has 1 aromatic carbocycles. The van der Waals surface area contributed by atoms with Gasteiger partial charge in [0.25, 0.3) is 0 Å². The quantitative estimate of drug-likeness (QED) is 0.860. The lowest BCUT2D eigenvalue weighted by molar-refractivity contribution is 0.258. The van der Waals surface area contributed by atoms with Gasteiger partial charge in [-0.3, -0.25) is 4.90 Å². The SMILES string of the molecule is CCCN1CCN(c2cc(Br)ccc2C#N)CC1. The van der Waals surface area contributed by atoms with Gasteiger partial charge in [0.05, 0.1) is 11.3 Å². The zero-order valence-corrected chi connectivity index (χ0v) is 12.3. The van der Waals surface area contributed by atoms with E-state index in [9.17, 15) is 5.26 Å². The molecule has 0 saturated carbocycles. The largest absolute Gasteiger partial charge is 0.368 e. The van der Waals surface area contributed by atoms with Crippen LogP contribution in [0.1, 0.15) is 18.9 Å². The number of halogens is 1. The highest BCUT2D eigenvalue weighted by Gasteiger charge is 2.18. The fourth-order valence-electron chi connectivity index (χ4n) is 2.39. The number of rotatable bonds is 3. The summed E-state index contributed by atoms with van der Waals surface area (Å²) in [4.78, 5) is 4.80. The number of benzene rings is 1. The van der Waals surface area contributed by atoms with Crippen LogP contribution in [-0.2, 0) is 0 Å². The number of piperazine rings is 1. The van der Waals surface area contributed by atoms with Crippen molar-refractivity contribution in [3.8, 4) is 6.07 Å². The molecule has 0 amide bonds. The highest BCUT2D eigenvalue weighted by molar-refractivity contribution is 9.10. The van der Waals surface area contributed by atoms with Gasteiger partial charge in [0, 0.05) is 30.7 Å². The van der Waals surface area contributed by atoms with Crippen molar-refractivity contribution in [2.75, 3.05) is 37.6 Å². The van der Waals surface area contributed by atoms with Gasteiger partial charge in [0.2, 0.25) is 0 Å². The van der Waals surface area contributed by atoms with Crippen LogP contribution in [0.2, 0.25) is 0 Å². The van der Waals surface area contributed by atoms with Gasteiger partial charge >= 0.3 is 0 Å². The molecule has 0 bridgehead atoms. The third-order valence-corrected chi connectivity index (χ3v) is 3.83. The van der Waals surface area contributed by atoms with Gasteiger partial charge in [-0.1, -0.05) is 22.9 Å². The number of anilines is 1. The molecule has 1 aliphatic rings. The lowest BCUT2D eigenvalue weighted by Crippen LogP contribution is -2.46. The summed E-state index contributed by atoms with van der Waals surface area (Å²) in [5.41, 5.74) is 1.82. The van der Waals surface area contributed by atoms with Gasteiger partial charge < -0.3 is 4.90 Å². The zero-order chi connectivity index (χ0) is 13.0. The number of nitriles is 1. The topological polar surface area (TPSA) is 30.3 Å². The third-order valence-electron chi connectivity index (χ3n) is 3.33. The molecular weight excluding hydrogens is 290 g/mol. The Morgan fingerprint density at radius 1 is 1.28 bits per heavy atom. The second kappa shape index (κ2) is 6.21. The van der Waals surface area contributed by atoms with Crippen LogP contribution in [0.3, 0.4) is 0 Å². The summed E-state index contributed by atoms with van der Waals surface area (Å²) in [6.45, 7) is 7.58. The lowest BCUT2D eigenvalue weighted by atomic mass is 10.1. The van der Waals surface area contributed by atoms with Crippen molar-refractivity contribution in [1.82, 2.24) is 4.90 Å². The molecule has 3 nitrogen and oxygen atoms in total. The molecule has 4 heteroatoms. The molecule has 96 valence electrons. The minimum absolute atomic E-state index is 0.766. The van der Waals surface area contributed by atoms with E-state index in [-0.39, 0.29) is 0 Å². The van der Waals surface area contributed by atoms with Gasteiger partial charge in [-0.2, -0.15) is 5.26 Å². The van der Waals surface area contributed by atoms with Crippen molar-refractivity contribution in [3.63, 3.8) is 0 Å². The smallest absolute Gasteiger partial charge is 0.101 e. The number of hydrogen-bond donors (Lipinski definition) is 0. The number of hydrogen-bond acceptors (Lipinski definition) is 3. The Morgan fingerprint density at radius 3 is 2.61 bits per heavy atom. The first-order chi connectivity index (χ1) is 8.74. The fourth-order valence-corrected chi connectivity index (χ4v) is 2.74. The van der Waals surface area contributed by atoms with E-state index in [0.29, 0.717) is 0 Å². The first-order valence-electron chi connectivity index (χ1n) is 6.41. The molecule has 1 heterocycles. The van der Waals surface area contributed by atoms with Gasteiger partial charge in [-0.15, -0.1) is 0 Å². The Labute approximate surface area is 117 Å². The lowest BCUT2D eigenvalue weighted by Gasteiger charge is -2.36. The minimum atomic E-state index is 0.766. The van der Waals surface area contributed by atoms with Crippen LogP contribution >= 0.6 is 15.9 Å². The Bertz CT molecular complexity index is 445. The highest BCUT2D eigenvalue weighted by atomic mass is 79.9. The van der Waals surface area contributed by atoms with E-state index >= 15 is 0 Å². The van der Waals surface area contributed by atoms with Crippen LogP contribution in [-0.4, -0.2) is 37.6 Å². The van der Waals surface area contributed by atoms with Gasteiger partial charge in [-0.25, -0.2) is 0 Å². The summed E-state index contributed by atoms with van der Waals surface area (Å²) in [7, 11) is 0. The van der Waals surface area contributed by atoms with Gasteiger partial charge in [-0.05, 0) is 31.2 Å². The van der Waals surface area contributed by atoms with E-state index in [1.807, 2.05) is 18.2 Å². The van der Waals surface area contributed by atoms with Gasteiger partial charge in [0.1, 0.15) is 6.07 Å². The molecule has 1 aromatic rings. The van der Waals surface area contributed by atoms with Crippen LogP contribution in [0.5, 0.6) is 0 Å². The Morgan fingerprint density at radius 2 is 2.00 bits per heavy atom. The third kappa shape index (κ3) is 3.04. The predicted molar refractivity (Wildman–Crippen MR) is 77.8 cm³/mol. The minimum Gasteiger partial charge on any atom is -0.368 e. The average molecular weight is 308 g/mol. The molecule has 0 N–H and O–H groups in total. The first kappa shape index (κ1) is 13.4. The summed E-state index contributed by atoms with van der Waals surface area (Å²) < 4.78 is 1.03. The molecular formula is C14H18BrN3. The van der Waals surface area contributed by atoms with E-state index in [1.54, 1.807) is 0 Å². The molecule has 0 spiro atoms. The Balaban J connectivity index is 2.10. The molecule has 0 unspecified atom stereocenters. The molecule has 2 rings (SSSR count). The van der Waals surface area contributed by atoms with E-state index in [1.165, 1.54) is 13.0 Å². The van der Waals surface area contributed by atoms with E-state index in [4.69, 9.17) is 0 Å². The van der Waals surface area contributed by atoms with Gasteiger partial charge in [0.15, 0.2) is 0 Å². The van der Waals surface area contributed by atoms with Crippen molar-refractivity contribution in [2.24, 2.45) is 0 Å². The van der Waals surface area contributed by atoms with Crippen molar-refractivity contribution in [1.29, 1.82) is 5.26 Å². The maximum atomic E-state index is 9.17. The number of nitrogens with zero attached hydrogens (tertiary/aromatic N) is 3. The van der Waals surface area contributed by atoms with E-state index in [2.05, 4.69) is 38.7 Å². The molecule has 1 saturated heterocycles. The fraction of sp³-hybridized carbons (Fsp3) is 0.500. The second-order valence-electron chi connectivity index (χ2n) is 4.60. The van der Waals surface area contributed by atoms with Crippen LogP contribution in [0, 0.1) is 11.3 Å². The van der Waals surface area contributed by atoms with Crippen LogP contribution < -0.4 is 4.90 Å². The maximum absolute atomic E-state index is 9.17. The van der Waals surface area contributed by atoms with Crippen molar-refractivity contribution < 1.29 is 0 Å². The van der Waals surface area contributed by atoms with Crippen molar-refractivity contribution in [3.05, 3.63) is 28.2 Å². The van der Waals surface area contributed by atoms with Crippen LogP contribution in [0.4, 0.5) is 5.69 Å². The van der Waals surface area contributed by atoms with Crippen LogP contribution in [0.25, 0.3) is 0 Å². The predicted octanol–water partition coefficient (Wildman–Crippen LogP) is 2.85. The van der Waals surface area contributed by atoms with Crippen molar-refractivity contribution >= 4 is 21.6 Å². The summed E-state index contributed by atoms with van der Waals surface area (Å²) in [5.74, 6) is 0. The second-order valence-corrected chi connectivity index (χ2v) is 5.52. The molecule has 1 aliphatic heterocycles. The summed E-state index contributed by atoms with van der Waals surface area (Å²) in [5, 5.41) is 9.17. The van der Waals surface area contributed by atoms with E-state index < -0.39 is 0 Å². The monoisotopic (exact) mass is 307 g/mol. The summed E-state index contributed by atoms with van der Waals surface area (Å²) >= 11 is 3.48. The first-order valence-corrected chi connectivity index (χ1v) is 7.21. The Hall–Kier alpha value is -1.05. The summed E-state index contributed by atoms with van der Waals surface area (Å²) in [6.07, 6.45) is 1.21. The normalized spacial score (nSPS) is 16.6. The molecule has 0 aliphatic carbocycles. The standard InChI is InChI=1S/C14H18BrN3/c1-2-5-17-6-8-18(9-7-17)14-10-13(15)4-3-12(14)11-16/h3-4,10H,2,5-9H2,1H3. The molecule has 18 heavy (non-hydrogen) atoms. The summed E-state index contributed by atoms with van der Waals surface area (Å²) in [6, 6.07) is 8.14. The zero-order valence-electron chi connectivity index (χ0n) is 10.7. The van der Waals surface area contributed by atoms with E-state index in [0.717, 1.165) is 41.9 Å². The van der Waals surface area contributed by atoms with Crippen molar-refractivity contribution in [2.45, 2.75) is 13.3 Å². The maximum Gasteiger partial charge on any atom is 0.101 e. The molecule has 1 fully saturated rings. The molecule has 0 radical (unpaired) electrons. The Kier molecular flexibility index (Phi) is 4.62.